The molecule has 0 unspecified atom stereocenters. The highest BCUT2D eigenvalue weighted by Crippen LogP contribution is 2.38. The van der Waals surface area contributed by atoms with Gasteiger partial charge < -0.3 is 5.32 Å². The Hall–Kier alpha value is -0.580. The van der Waals surface area contributed by atoms with Crippen molar-refractivity contribution in [1.82, 2.24) is 14.9 Å². The van der Waals surface area contributed by atoms with Gasteiger partial charge in [-0.2, -0.15) is 0 Å². The summed E-state index contributed by atoms with van der Waals surface area (Å²) in [5, 5.41) is 10.3. The largest absolute Gasteiger partial charge is 0.301 e. The number of nitrogens with zero attached hydrogens (tertiary/aromatic N) is 2. The molecule has 2 rings (SSSR count). The van der Waals surface area contributed by atoms with Crippen LogP contribution in [0.25, 0.3) is 0 Å². The Balaban J connectivity index is 2.15. The van der Waals surface area contributed by atoms with Crippen LogP contribution in [-0.4, -0.2) is 35.4 Å². The molecule has 1 saturated carbocycles. The third-order valence-electron chi connectivity index (χ3n) is 2.38. The molecule has 0 spiro atoms. The lowest BCUT2D eigenvalue weighted by Crippen LogP contribution is -2.37. The number of nitrogens with one attached hydrogen (secondary N) is 2. The van der Waals surface area contributed by atoms with E-state index in [1.807, 2.05) is 0 Å². The van der Waals surface area contributed by atoms with Gasteiger partial charge in [-0.1, -0.05) is 27.3 Å². The first kappa shape index (κ1) is 13.8. The fourth-order valence-corrected chi connectivity index (χ4v) is 4.55. The summed E-state index contributed by atoms with van der Waals surface area (Å²) in [6.07, 6.45) is 1.60. The van der Waals surface area contributed by atoms with Gasteiger partial charge in [0.25, 0.3) is 10.0 Å². The highest BCUT2D eigenvalue weighted by atomic mass is 79.9. The number of alkyl halides is 1. The van der Waals surface area contributed by atoms with Gasteiger partial charge in [0.15, 0.2) is 0 Å². The Morgan fingerprint density at radius 2 is 2.17 bits per heavy atom. The van der Waals surface area contributed by atoms with Crippen molar-refractivity contribution in [3.05, 3.63) is 0 Å². The van der Waals surface area contributed by atoms with Gasteiger partial charge in [0.1, 0.15) is 0 Å². The van der Waals surface area contributed by atoms with E-state index in [4.69, 9.17) is 0 Å². The van der Waals surface area contributed by atoms with Gasteiger partial charge in [0.05, 0.1) is 0 Å². The van der Waals surface area contributed by atoms with Gasteiger partial charge >= 0.3 is 0 Å². The minimum Gasteiger partial charge on any atom is -0.301 e. The maximum Gasteiger partial charge on any atom is 0.270 e. The number of hydrogen-bond donors (Lipinski definition) is 2. The first-order valence-corrected chi connectivity index (χ1v) is 8.50. The molecule has 2 N–H and O–H groups in total. The van der Waals surface area contributed by atoms with Gasteiger partial charge in [0, 0.05) is 17.8 Å². The average molecular weight is 355 g/mol. The van der Waals surface area contributed by atoms with Gasteiger partial charge in [0.2, 0.25) is 15.4 Å². The van der Waals surface area contributed by atoms with Crippen molar-refractivity contribution < 1.29 is 13.2 Å². The van der Waals surface area contributed by atoms with Gasteiger partial charge in [-0.15, -0.1) is 10.2 Å². The molecule has 1 aliphatic carbocycles. The molecule has 0 radical (unpaired) electrons. The molecule has 1 amide bonds. The number of carbonyl (C=O) groups is 1. The second-order valence-corrected chi connectivity index (χ2v) is 7.47. The summed E-state index contributed by atoms with van der Waals surface area (Å²) in [5.74, 6) is -0.317. The van der Waals surface area contributed by atoms with Crippen molar-refractivity contribution in [3.8, 4) is 0 Å². The molecule has 1 aromatic heterocycles. The van der Waals surface area contributed by atoms with Gasteiger partial charge in [-0.25, -0.2) is 13.1 Å². The first-order valence-electron chi connectivity index (χ1n) is 5.08. The third-order valence-corrected chi connectivity index (χ3v) is 6.24. The lowest BCUT2D eigenvalue weighted by molar-refractivity contribution is -0.114. The SMILES string of the molecule is CC(=O)Nc1nnc(S(=O)(=O)NC2(CBr)CC2)s1. The van der Waals surface area contributed by atoms with Crippen LogP contribution >= 0.6 is 27.3 Å². The summed E-state index contributed by atoms with van der Waals surface area (Å²) in [5.41, 5.74) is -0.390. The molecule has 1 heterocycles. The highest BCUT2D eigenvalue weighted by Gasteiger charge is 2.45. The smallest absolute Gasteiger partial charge is 0.270 e. The van der Waals surface area contributed by atoms with Crippen LogP contribution in [0.5, 0.6) is 0 Å². The fraction of sp³-hybridized carbons (Fsp3) is 0.625. The fourth-order valence-electron chi connectivity index (χ4n) is 1.26. The van der Waals surface area contributed by atoms with Crippen LogP contribution in [0.3, 0.4) is 0 Å². The summed E-state index contributed by atoms with van der Waals surface area (Å²) >= 11 is 4.11. The number of carbonyl (C=O) groups excluding carboxylic acids is 1. The summed E-state index contributed by atoms with van der Waals surface area (Å²) in [4.78, 5) is 10.8. The van der Waals surface area contributed by atoms with E-state index in [-0.39, 0.29) is 15.4 Å². The predicted molar refractivity (Wildman–Crippen MR) is 70.3 cm³/mol. The zero-order valence-electron chi connectivity index (χ0n) is 9.43. The zero-order valence-corrected chi connectivity index (χ0v) is 12.7. The number of rotatable bonds is 5. The van der Waals surface area contributed by atoms with Crippen LogP contribution in [0.4, 0.5) is 5.13 Å². The summed E-state index contributed by atoms with van der Waals surface area (Å²) in [7, 11) is -3.67. The Labute approximate surface area is 117 Å². The topological polar surface area (TPSA) is 101 Å². The minimum atomic E-state index is -3.67. The first-order chi connectivity index (χ1) is 8.37. The van der Waals surface area contributed by atoms with Crippen molar-refractivity contribution in [1.29, 1.82) is 0 Å². The van der Waals surface area contributed by atoms with Crippen LogP contribution in [0.15, 0.2) is 4.34 Å². The molecular weight excluding hydrogens is 344 g/mol. The van der Waals surface area contributed by atoms with E-state index in [9.17, 15) is 13.2 Å². The van der Waals surface area contributed by atoms with Crippen molar-refractivity contribution in [3.63, 3.8) is 0 Å². The lowest BCUT2D eigenvalue weighted by Gasteiger charge is -2.11. The lowest BCUT2D eigenvalue weighted by atomic mass is 10.4. The van der Waals surface area contributed by atoms with E-state index in [0.717, 1.165) is 24.2 Å². The van der Waals surface area contributed by atoms with Crippen molar-refractivity contribution in [2.45, 2.75) is 29.6 Å². The Kier molecular flexibility index (Phi) is 3.72. The third kappa shape index (κ3) is 3.05. The molecule has 0 atom stereocenters. The molecule has 0 bridgehead atoms. The maximum atomic E-state index is 12.0. The number of amides is 1. The summed E-state index contributed by atoms with van der Waals surface area (Å²) < 4.78 is 26.5. The van der Waals surface area contributed by atoms with E-state index >= 15 is 0 Å². The molecule has 10 heteroatoms. The Morgan fingerprint density at radius 1 is 1.50 bits per heavy atom. The van der Waals surface area contributed by atoms with Crippen LogP contribution in [0.1, 0.15) is 19.8 Å². The van der Waals surface area contributed by atoms with Crippen molar-refractivity contribution in [2.75, 3.05) is 10.6 Å². The van der Waals surface area contributed by atoms with Crippen LogP contribution in [0.2, 0.25) is 0 Å². The molecule has 100 valence electrons. The summed E-state index contributed by atoms with van der Waals surface area (Å²) in [6, 6.07) is 0. The van der Waals surface area contributed by atoms with Crippen LogP contribution in [-0.2, 0) is 14.8 Å². The number of halogens is 1. The zero-order chi connectivity index (χ0) is 13.4. The van der Waals surface area contributed by atoms with E-state index in [0.29, 0.717) is 5.33 Å². The second kappa shape index (κ2) is 4.83. The number of aromatic nitrogens is 2. The molecule has 0 aromatic carbocycles. The average Bonchev–Trinajstić information content (AvgIpc) is 2.85. The van der Waals surface area contributed by atoms with E-state index < -0.39 is 15.6 Å². The molecule has 1 fully saturated rings. The second-order valence-electron chi connectivity index (χ2n) is 4.07. The molecule has 1 aromatic rings. The number of sulfonamides is 1. The number of anilines is 1. The van der Waals surface area contributed by atoms with E-state index in [1.54, 1.807) is 0 Å². The summed E-state index contributed by atoms with van der Waals surface area (Å²) in [6.45, 7) is 1.32. The molecule has 7 nitrogen and oxygen atoms in total. The Bertz CT molecular complexity index is 567. The van der Waals surface area contributed by atoms with Gasteiger partial charge in [-0.3, -0.25) is 4.79 Å². The molecular formula is C8H11BrN4O3S2. The van der Waals surface area contributed by atoms with E-state index in [2.05, 4.69) is 36.2 Å². The van der Waals surface area contributed by atoms with Crippen LogP contribution < -0.4 is 10.0 Å². The quantitative estimate of drug-likeness (QED) is 0.598. The van der Waals surface area contributed by atoms with E-state index in [1.165, 1.54) is 6.92 Å². The Morgan fingerprint density at radius 3 is 2.67 bits per heavy atom. The van der Waals surface area contributed by atoms with Crippen molar-refractivity contribution >= 4 is 48.3 Å². The standard InChI is InChI=1S/C8H11BrN4O3S2/c1-5(14)10-6-11-12-7(17-6)18(15,16)13-8(4-9)2-3-8/h13H,2-4H2,1H3,(H,10,11,14). The molecule has 0 aliphatic heterocycles. The normalized spacial score (nSPS) is 17.4. The maximum absolute atomic E-state index is 12.0. The van der Waals surface area contributed by atoms with Crippen molar-refractivity contribution in [2.24, 2.45) is 0 Å². The van der Waals surface area contributed by atoms with Crippen LogP contribution in [0, 0.1) is 0 Å². The van der Waals surface area contributed by atoms with Gasteiger partial charge in [-0.05, 0) is 12.8 Å². The highest BCUT2D eigenvalue weighted by molar-refractivity contribution is 9.09. The minimum absolute atomic E-state index is 0.140. The predicted octanol–water partition coefficient (Wildman–Crippen LogP) is 0.702. The molecule has 0 saturated heterocycles. The monoisotopic (exact) mass is 354 g/mol. The number of hydrogen-bond acceptors (Lipinski definition) is 6. The molecule has 18 heavy (non-hydrogen) atoms. The molecule has 1 aliphatic rings.